The highest BCUT2D eigenvalue weighted by Gasteiger charge is 2.20. The van der Waals surface area contributed by atoms with E-state index in [1.807, 2.05) is 148 Å². The number of rotatable bonds is 15. The monoisotopic (exact) mass is 1010 g/mol. The quantitative estimate of drug-likeness (QED) is 0.129. The molecule has 0 unspecified atom stereocenters. The second-order valence-corrected chi connectivity index (χ2v) is 21.2. The maximum absolute atomic E-state index is 11.2. The van der Waals surface area contributed by atoms with E-state index in [4.69, 9.17) is 28.8 Å². The number of esters is 6. The van der Waals surface area contributed by atoms with Crippen LogP contribution in [-0.2, 0) is 68.6 Å². The Morgan fingerprint density at radius 3 is 1.06 bits per heavy atom. The predicted octanol–water partition coefficient (Wildman–Crippen LogP) is 13.0. The summed E-state index contributed by atoms with van der Waals surface area (Å²) in [4.78, 5) is 75.2. The molecule has 414 valence electrons. The van der Waals surface area contributed by atoms with Crippen LogP contribution in [0.25, 0.3) is 0 Å². The largest absolute Gasteiger partial charge is 0.481 e. The Balaban J connectivity index is -0.000000374. The average molecular weight is 1010 g/mol. The van der Waals surface area contributed by atoms with Crippen molar-refractivity contribution >= 4 is 41.8 Å². The molecule has 0 aromatic heterocycles. The van der Waals surface area contributed by atoms with Crippen LogP contribution in [0.15, 0.2) is 30.3 Å². The molecule has 0 radical (unpaired) electrons. The number of benzene rings is 1. The van der Waals surface area contributed by atoms with E-state index in [1.165, 1.54) is 57.8 Å². The number of carboxylic acids is 1. The van der Waals surface area contributed by atoms with Crippen molar-refractivity contribution in [3.8, 4) is 0 Å². The van der Waals surface area contributed by atoms with E-state index in [0.29, 0.717) is 38.3 Å². The molecular weight excluding hydrogens is 909 g/mol. The van der Waals surface area contributed by atoms with Gasteiger partial charge in [-0.05, 0) is 84.6 Å². The van der Waals surface area contributed by atoms with Gasteiger partial charge in [-0.3, -0.25) is 33.6 Å². The summed E-state index contributed by atoms with van der Waals surface area (Å²) in [6, 6.07) is 9.67. The molecule has 2 saturated carbocycles. The first kappa shape index (κ1) is 73.0. The molecule has 71 heavy (non-hydrogen) atoms. The van der Waals surface area contributed by atoms with Crippen molar-refractivity contribution < 1.29 is 67.1 Å². The molecule has 1 aromatic carbocycles. The number of ether oxygens (including phenoxy) is 6. The van der Waals surface area contributed by atoms with Crippen LogP contribution in [0.2, 0.25) is 0 Å². The second-order valence-electron chi connectivity index (χ2n) is 21.2. The number of hydrogen-bond acceptors (Lipinski definition) is 13. The molecule has 0 bridgehead atoms. The van der Waals surface area contributed by atoms with Crippen LogP contribution in [0.1, 0.15) is 202 Å². The maximum Gasteiger partial charge on any atom is 0.308 e. The maximum atomic E-state index is 11.2. The van der Waals surface area contributed by atoms with Gasteiger partial charge in [0.15, 0.2) is 0 Å². The Hall–Kier alpha value is -4.49. The molecule has 0 heterocycles. The van der Waals surface area contributed by atoms with Crippen molar-refractivity contribution in [3.05, 3.63) is 35.9 Å². The van der Waals surface area contributed by atoms with Gasteiger partial charge >= 0.3 is 41.8 Å². The van der Waals surface area contributed by atoms with Gasteiger partial charge in [0.2, 0.25) is 0 Å². The van der Waals surface area contributed by atoms with Crippen molar-refractivity contribution in [3.63, 3.8) is 0 Å². The molecule has 0 amide bonds. The molecule has 1 aromatic rings. The first-order valence-corrected chi connectivity index (χ1v) is 26.2. The highest BCUT2D eigenvalue weighted by Crippen LogP contribution is 2.25. The van der Waals surface area contributed by atoms with Gasteiger partial charge < -0.3 is 33.5 Å². The van der Waals surface area contributed by atoms with Gasteiger partial charge in [0.05, 0.1) is 67.3 Å². The zero-order valence-corrected chi connectivity index (χ0v) is 48.1. The molecular formula is C57H102O14. The normalized spacial score (nSPS) is 13.3. The zero-order chi connectivity index (χ0) is 55.9. The van der Waals surface area contributed by atoms with E-state index in [1.54, 1.807) is 20.8 Å². The summed E-state index contributed by atoms with van der Waals surface area (Å²) in [5.41, 5.74) is 0.679. The Kier molecular flexibility index (Phi) is 44.4. The Bertz CT molecular complexity index is 1540. The van der Waals surface area contributed by atoms with Gasteiger partial charge in [-0.15, -0.1) is 0 Å². The lowest BCUT2D eigenvalue weighted by Crippen LogP contribution is -2.26. The van der Waals surface area contributed by atoms with Gasteiger partial charge in [-0.1, -0.05) is 159 Å². The van der Waals surface area contributed by atoms with Crippen LogP contribution in [0, 0.1) is 53.3 Å². The summed E-state index contributed by atoms with van der Waals surface area (Å²) in [6.45, 7) is 38.6. The SMILES string of the molecule is CC(C)C(=O)O.CC(C)C(=O)OC(C)(C)C.CC(C)C(=O)OCC1CCCC1.CC(C)C(=O)OCC1CCCCC1.CC(C)C(=O)OCc1ccccc1.CC(C)OC(=O)C(C)C.CCOC(=O)C(C)C. The molecule has 0 spiro atoms. The van der Waals surface area contributed by atoms with Crippen molar-refractivity contribution in [2.24, 2.45) is 53.3 Å². The highest BCUT2D eigenvalue weighted by atomic mass is 16.6. The second kappa shape index (κ2) is 43.1. The van der Waals surface area contributed by atoms with Gasteiger partial charge in [-0.25, -0.2) is 0 Å². The number of hydrogen-bond donors (Lipinski definition) is 1. The fourth-order valence-electron chi connectivity index (χ4n) is 5.26. The minimum absolute atomic E-state index is 0.00704. The minimum atomic E-state index is -0.741. The number of aliphatic carboxylic acids is 1. The number of carbonyl (C=O) groups is 7. The van der Waals surface area contributed by atoms with Crippen LogP contribution in [0.4, 0.5) is 0 Å². The predicted molar refractivity (Wildman–Crippen MR) is 282 cm³/mol. The summed E-state index contributed by atoms with van der Waals surface area (Å²) < 4.78 is 30.0. The van der Waals surface area contributed by atoms with E-state index in [-0.39, 0.29) is 88.9 Å². The Morgan fingerprint density at radius 2 is 0.803 bits per heavy atom. The molecule has 2 aliphatic rings. The Labute approximate surface area is 431 Å². The molecule has 2 fully saturated rings. The third kappa shape index (κ3) is 48.9. The summed E-state index contributed by atoms with van der Waals surface area (Å²) in [5, 5.41) is 7.99. The fraction of sp³-hybridized carbons (Fsp3) is 0.772. The summed E-state index contributed by atoms with van der Waals surface area (Å²) >= 11 is 0. The molecule has 1 N–H and O–H groups in total. The third-order valence-corrected chi connectivity index (χ3v) is 9.71. The molecule has 0 atom stereocenters. The van der Waals surface area contributed by atoms with Gasteiger partial charge in [-0.2, -0.15) is 0 Å². The van der Waals surface area contributed by atoms with Gasteiger partial charge in [0.25, 0.3) is 0 Å². The van der Waals surface area contributed by atoms with Gasteiger partial charge in [0, 0.05) is 0 Å². The van der Waals surface area contributed by atoms with Crippen molar-refractivity contribution in [1.82, 2.24) is 0 Å². The summed E-state index contributed by atoms with van der Waals surface area (Å²) in [5.74, 6) is -0.356. The molecule has 14 heteroatoms. The van der Waals surface area contributed by atoms with E-state index >= 15 is 0 Å². The minimum Gasteiger partial charge on any atom is -0.481 e. The average Bonchev–Trinajstić information content (AvgIpc) is 3.81. The third-order valence-electron chi connectivity index (χ3n) is 9.71. The Morgan fingerprint density at radius 1 is 0.479 bits per heavy atom. The van der Waals surface area contributed by atoms with Crippen LogP contribution in [-0.4, -0.2) is 78.4 Å². The smallest absolute Gasteiger partial charge is 0.308 e. The number of carbonyl (C=O) groups excluding carboxylic acids is 6. The molecule has 0 saturated heterocycles. The topological polar surface area (TPSA) is 195 Å². The van der Waals surface area contributed by atoms with E-state index < -0.39 is 5.97 Å². The first-order valence-electron chi connectivity index (χ1n) is 26.2. The van der Waals surface area contributed by atoms with Crippen molar-refractivity contribution in [2.75, 3.05) is 19.8 Å². The summed E-state index contributed by atoms with van der Waals surface area (Å²) in [7, 11) is 0. The molecule has 14 nitrogen and oxygen atoms in total. The first-order chi connectivity index (χ1) is 32.8. The van der Waals surface area contributed by atoms with Gasteiger partial charge in [0.1, 0.15) is 12.2 Å². The number of carboxylic acid groups (broad SMARTS) is 1. The molecule has 2 aliphatic carbocycles. The molecule has 0 aliphatic heterocycles. The van der Waals surface area contributed by atoms with Crippen LogP contribution < -0.4 is 0 Å². The zero-order valence-electron chi connectivity index (χ0n) is 48.1. The van der Waals surface area contributed by atoms with Crippen LogP contribution >= 0.6 is 0 Å². The molecule has 3 rings (SSSR count). The standard InChI is InChI=1S/C11H20O2.C11H14O2.C10H18O2.C8H16O2.C7H14O2.C6H12O2.C4H8O2/c2*1-9(2)11(12)13-8-10-6-4-3-5-7-10;1-8(2)10(11)12-7-9-5-3-4-6-9;1-6(2)7(9)10-8(3,4)5;1-5(2)7(8)9-6(3)4;1-4-8-6(7)5(2)3;1-3(2)4(5)6/h9-10H,3-8H2,1-2H3;3-7,9H,8H2,1-2H3;8-9H,3-7H2,1-2H3;6H,1-5H3;5-6H,1-4H3;5H,4H2,1-3H3;3H,1-2H3,(H,5,6). The van der Waals surface area contributed by atoms with E-state index in [0.717, 1.165) is 5.56 Å². The van der Waals surface area contributed by atoms with Crippen LogP contribution in [0.3, 0.4) is 0 Å². The highest BCUT2D eigenvalue weighted by molar-refractivity contribution is 5.73. The van der Waals surface area contributed by atoms with Crippen molar-refractivity contribution in [1.29, 1.82) is 0 Å². The lowest BCUT2D eigenvalue weighted by molar-refractivity contribution is -0.159. The lowest BCUT2D eigenvalue weighted by atomic mass is 9.90. The van der Waals surface area contributed by atoms with E-state index in [2.05, 4.69) is 4.74 Å². The summed E-state index contributed by atoms with van der Waals surface area (Å²) in [6.07, 6.45) is 11.6. The van der Waals surface area contributed by atoms with Crippen LogP contribution in [0.5, 0.6) is 0 Å². The van der Waals surface area contributed by atoms with Crippen molar-refractivity contribution in [2.45, 2.75) is 215 Å². The lowest BCUT2D eigenvalue weighted by Gasteiger charge is -2.21. The fourth-order valence-corrected chi connectivity index (χ4v) is 5.26. The van der Waals surface area contributed by atoms with E-state index in [9.17, 15) is 33.6 Å².